The molecule has 0 bridgehead atoms. The van der Waals surface area contributed by atoms with E-state index in [1.165, 1.54) is 67.0 Å². The molecule has 0 radical (unpaired) electrons. The molecule has 3 fully saturated rings. The molecule has 2 aromatic carbocycles. The number of hydrogen-bond acceptors (Lipinski definition) is 3. The van der Waals surface area contributed by atoms with Gasteiger partial charge in [0.15, 0.2) is 0 Å². The normalized spacial score (nSPS) is 29.8. The largest absolute Gasteiger partial charge is 0.647 e. The number of likely N-dealkylation sites (N-methyl/N-ethyl adjacent to an activating group) is 2. The van der Waals surface area contributed by atoms with Gasteiger partial charge in [0.25, 0.3) is 0 Å². The monoisotopic (exact) mass is 472 g/mol. The van der Waals surface area contributed by atoms with Crippen LogP contribution < -0.4 is 4.89 Å². The molecule has 1 heterocycles. The lowest BCUT2D eigenvalue weighted by molar-refractivity contribution is -0.187. The van der Waals surface area contributed by atoms with Crippen molar-refractivity contribution in [1.82, 2.24) is 9.34 Å². The number of hydrogen-bond donors (Lipinski definition) is 0. The summed E-state index contributed by atoms with van der Waals surface area (Å²) in [6, 6.07) is 21.6. The lowest BCUT2D eigenvalue weighted by Crippen LogP contribution is -2.35. The number of rotatable bonds is 3. The molecule has 6 rings (SSSR count). The quantitative estimate of drug-likeness (QED) is 0.443. The van der Waals surface area contributed by atoms with Crippen molar-refractivity contribution in [3.05, 3.63) is 93.8 Å². The second kappa shape index (κ2) is 9.03. The lowest BCUT2D eigenvalue weighted by Gasteiger charge is -2.45. The van der Waals surface area contributed by atoms with Gasteiger partial charge in [-0.2, -0.15) is 9.34 Å². The molecule has 178 valence electrons. The molecule has 3 nitrogen and oxygen atoms in total. The maximum atomic E-state index is 15.5. The fourth-order valence-electron chi connectivity index (χ4n) is 7.38. The van der Waals surface area contributed by atoms with Gasteiger partial charge in [0.1, 0.15) is 13.1 Å². The van der Waals surface area contributed by atoms with Crippen LogP contribution in [0.3, 0.4) is 0 Å². The average Bonchev–Trinajstić information content (AvgIpc) is 3.10. The van der Waals surface area contributed by atoms with Crippen LogP contribution in [0.5, 0.6) is 0 Å². The summed E-state index contributed by atoms with van der Waals surface area (Å²) < 4.78 is 4.56. The number of allylic oxidation sites excluding steroid dienone is 4. The highest BCUT2D eigenvalue weighted by Crippen LogP contribution is 2.77. The summed E-state index contributed by atoms with van der Waals surface area (Å²) in [4.78, 5) is 15.5. The zero-order valence-electron chi connectivity index (χ0n) is 20.6. The number of nitrogens with zero attached hydrogens (tertiary/aromatic N) is 2. The third-order valence-corrected chi connectivity index (χ3v) is 12.3. The molecule has 1 saturated heterocycles. The van der Waals surface area contributed by atoms with Crippen LogP contribution in [-0.2, 0) is 0 Å². The third kappa shape index (κ3) is 3.47. The minimum atomic E-state index is -2.91. The summed E-state index contributed by atoms with van der Waals surface area (Å²) in [7, 11) is 1.35. The van der Waals surface area contributed by atoms with Gasteiger partial charge < -0.3 is 4.89 Å². The maximum Gasteiger partial charge on any atom is 0.137 e. The van der Waals surface area contributed by atoms with Crippen LogP contribution >= 0.6 is 7.79 Å². The van der Waals surface area contributed by atoms with Gasteiger partial charge >= 0.3 is 0 Å². The van der Waals surface area contributed by atoms with E-state index in [1.54, 1.807) is 11.1 Å². The molecule has 0 unspecified atom stereocenters. The van der Waals surface area contributed by atoms with Crippen molar-refractivity contribution in [1.29, 1.82) is 0 Å². The van der Waals surface area contributed by atoms with Crippen molar-refractivity contribution in [2.45, 2.75) is 69.9 Å². The Bertz CT molecular complexity index is 1060. The first-order valence-electron chi connectivity index (χ1n) is 13.2. The van der Waals surface area contributed by atoms with E-state index < -0.39 is 7.79 Å². The molecule has 1 aliphatic heterocycles. The van der Waals surface area contributed by atoms with Gasteiger partial charge in [-0.25, -0.2) is 0 Å². The van der Waals surface area contributed by atoms with Crippen molar-refractivity contribution in [3.8, 4) is 0 Å². The van der Waals surface area contributed by atoms with E-state index in [1.807, 2.05) is 0 Å². The van der Waals surface area contributed by atoms with Crippen molar-refractivity contribution >= 4 is 7.79 Å². The van der Waals surface area contributed by atoms with E-state index in [0.717, 1.165) is 12.8 Å². The summed E-state index contributed by atoms with van der Waals surface area (Å²) in [5.74, 6) is 0.610. The molecule has 2 saturated carbocycles. The molecule has 0 N–H and O–H groups in total. The van der Waals surface area contributed by atoms with Crippen LogP contribution in [0.2, 0.25) is 0 Å². The number of benzene rings is 2. The molecule has 2 aromatic rings. The molecule has 34 heavy (non-hydrogen) atoms. The van der Waals surface area contributed by atoms with Crippen LogP contribution in [0.25, 0.3) is 0 Å². The van der Waals surface area contributed by atoms with Crippen LogP contribution in [0, 0.1) is 5.92 Å². The van der Waals surface area contributed by atoms with Gasteiger partial charge in [0.2, 0.25) is 0 Å². The van der Waals surface area contributed by atoms with E-state index in [9.17, 15) is 0 Å². The predicted molar refractivity (Wildman–Crippen MR) is 140 cm³/mol. The number of fused-ring (bicyclic) bond motifs is 2. The maximum absolute atomic E-state index is 15.5. The highest BCUT2D eigenvalue weighted by Gasteiger charge is 2.59. The van der Waals surface area contributed by atoms with Gasteiger partial charge in [-0.15, -0.1) is 0 Å². The SMILES string of the molecule is CN1[C@H](c2ccccc2)[C@@H](c2ccccc2)N(C)[P+]1([O-])C1=C2CCCCC2=C2CCCC[C@@H]2C1. The van der Waals surface area contributed by atoms with Gasteiger partial charge in [-0.3, -0.25) is 0 Å². The minimum absolute atomic E-state index is 0.0660. The molecule has 0 aromatic heterocycles. The molecule has 4 heteroatoms. The molecule has 0 amide bonds. The van der Waals surface area contributed by atoms with Crippen molar-refractivity contribution in [3.63, 3.8) is 0 Å². The third-order valence-electron chi connectivity index (χ3n) is 8.98. The van der Waals surface area contributed by atoms with Crippen molar-refractivity contribution in [2.24, 2.45) is 5.92 Å². The Kier molecular flexibility index (Phi) is 6.02. The highest BCUT2D eigenvalue weighted by atomic mass is 31.2. The highest BCUT2D eigenvalue weighted by molar-refractivity contribution is 7.68. The topological polar surface area (TPSA) is 29.5 Å². The van der Waals surface area contributed by atoms with Crippen molar-refractivity contribution in [2.75, 3.05) is 14.1 Å². The van der Waals surface area contributed by atoms with E-state index >= 15 is 4.89 Å². The van der Waals surface area contributed by atoms with E-state index in [4.69, 9.17) is 0 Å². The second-order valence-electron chi connectivity index (χ2n) is 10.7. The minimum Gasteiger partial charge on any atom is -0.647 e. The van der Waals surface area contributed by atoms with E-state index in [0.29, 0.717) is 5.92 Å². The zero-order valence-corrected chi connectivity index (χ0v) is 21.5. The van der Waals surface area contributed by atoms with Crippen LogP contribution in [0.15, 0.2) is 82.7 Å². The first-order chi connectivity index (χ1) is 16.6. The summed E-state index contributed by atoms with van der Waals surface area (Å²) in [5.41, 5.74) is 7.35. The first kappa shape index (κ1) is 22.7. The first-order valence-corrected chi connectivity index (χ1v) is 14.8. The van der Waals surface area contributed by atoms with Gasteiger partial charge in [-0.05, 0) is 73.1 Å². The summed E-state index contributed by atoms with van der Waals surface area (Å²) >= 11 is 0. The Morgan fingerprint density at radius 2 is 1.24 bits per heavy atom. The Hall–Kier alpha value is -1.77. The van der Waals surface area contributed by atoms with Crippen LogP contribution in [0.4, 0.5) is 0 Å². The molecule has 4 aliphatic rings. The molecular weight excluding hydrogens is 435 g/mol. The summed E-state index contributed by atoms with van der Waals surface area (Å²) in [6.45, 7) is 0. The van der Waals surface area contributed by atoms with Crippen LogP contribution in [-0.4, -0.2) is 23.4 Å². The van der Waals surface area contributed by atoms with Gasteiger partial charge in [0.05, 0.1) is 12.1 Å². The Morgan fingerprint density at radius 1 is 0.706 bits per heavy atom. The molecule has 3 aliphatic carbocycles. The smallest absolute Gasteiger partial charge is 0.137 e. The zero-order chi connectivity index (χ0) is 23.3. The lowest BCUT2D eigenvalue weighted by atomic mass is 9.71. The predicted octanol–water partition coefficient (Wildman–Crippen LogP) is 7.19. The van der Waals surface area contributed by atoms with E-state index in [2.05, 4.69) is 84.1 Å². The summed E-state index contributed by atoms with van der Waals surface area (Å²) in [6.07, 6.45) is 11.0. The second-order valence-corrected chi connectivity index (χ2v) is 13.6. The molecule has 3 atom stereocenters. The fraction of sp³-hybridized carbons (Fsp3) is 0.467. The van der Waals surface area contributed by atoms with Crippen LogP contribution in [0.1, 0.15) is 81.0 Å². The Balaban J connectivity index is 1.52. The van der Waals surface area contributed by atoms with E-state index in [-0.39, 0.29) is 12.1 Å². The molecular formula is C30H37N2OP. The Labute approximate surface area is 205 Å². The Morgan fingerprint density at radius 3 is 1.82 bits per heavy atom. The van der Waals surface area contributed by atoms with Gasteiger partial charge in [0, 0.05) is 20.5 Å². The van der Waals surface area contributed by atoms with Gasteiger partial charge in [-0.1, -0.05) is 72.7 Å². The van der Waals surface area contributed by atoms with Crippen molar-refractivity contribution < 1.29 is 4.89 Å². The summed E-state index contributed by atoms with van der Waals surface area (Å²) in [5, 5.41) is 1.29. The standard InChI is InChI=1S/C30H37N2OP/c1-31-29(22-13-5-3-6-14-22)30(23-15-7-4-8-16-23)32(2)34(31,33)28-21-24-17-9-10-18-25(24)26-19-11-12-20-27(26)28/h3-8,13-16,24,29-30H,9-12,17-21H2,1-2H3/t24-,29-,30-/m1/s1. The fourth-order valence-corrected chi connectivity index (χ4v) is 10.8. The average molecular weight is 473 g/mol. The molecule has 0 spiro atoms.